The number of halogens is 1. The maximum atomic E-state index is 12.7. The standard InChI is InChI=1S/C24H34ClN5O/c1-20-22(24(25)30(26-20)17-21-9-5-4-6-10-21)18-27-13-15-28(16-14-27)19-23(31)29-11-7-2-3-8-12-29/h4-6,9-10H,2-3,7-8,11-19H2,1H3. The minimum absolute atomic E-state index is 0.302. The molecule has 2 aliphatic heterocycles. The maximum Gasteiger partial charge on any atom is 0.236 e. The van der Waals surface area contributed by atoms with Crippen LogP contribution in [0.4, 0.5) is 0 Å². The summed E-state index contributed by atoms with van der Waals surface area (Å²) >= 11 is 6.71. The first-order valence-corrected chi connectivity index (χ1v) is 12.0. The lowest BCUT2D eigenvalue weighted by molar-refractivity contribution is -0.132. The van der Waals surface area contributed by atoms with E-state index in [0.717, 1.165) is 75.1 Å². The largest absolute Gasteiger partial charge is 0.342 e. The van der Waals surface area contributed by atoms with Crippen LogP contribution in [0.5, 0.6) is 0 Å². The number of hydrogen-bond donors (Lipinski definition) is 0. The summed E-state index contributed by atoms with van der Waals surface area (Å²) in [5.41, 5.74) is 3.31. The highest BCUT2D eigenvalue weighted by molar-refractivity contribution is 6.30. The number of nitrogens with zero attached hydrogens (tertiary/aromatic N) is 5. The smallest absolute Gasteiger partial charge is 0.236 e. The number of aryl methyl sites for hydroxylation is 1. The fourth-order valence-electron chi connectivity index (χ4n) is 4.57. The summed E-state index contributed by atoms with van der Waals surface area (Å²) in [5, 5.41) is 5.42. The highest BCUT2D eigenvalue weighted by atomic mass is 35.5. The van der Waals surface area contributed by atoms with Crippen molar-refractivity contribution in [3.63, 3.8) is 0 Å². The van der Waals surface area contributed by atoms with E-state index in [4.69, 9.17) is 11.6 Å². The molecule has 6 nitrogen and oxygen atoms in total. The van der Waals surface area contributed by atoms with Gasteiger partial charge in [0.2, 0.25) is 5.91 Å². The molecule has 0 atom stereocenters. The Bertz CT molecular complexity index is 852. The molecular formula is C24H34ClN5O. The van der Waals surface area contributed by atoms with Gasteiger partial charge in [0.15, 0.2) is 0 Å². The number of amides is 1. The van der Waals surface area contributed by atoms with E-state index in [9.17, 15) is 4.79 Å². The van der Waals surface area contributed by atoms with E-state index in [2.05, 4.69) is 31.9 Å². The quantitative estimate of drug-likeness (QED) is 0.686. The summed E-state index contributed by atoms with van der Waals surface area (Å²) in [5.74, 6) is 0.302. The minimum atomic E-state index is 0.302. The Morgan fingerprint density at radius 1 is 0.903 bits per heavy atom. The van der Waals surface area contributed by atoms with Crippen LogP contribution in [0.1, 0.15) is 42.5 Å². The number of hydrogen-bond acceptors (Lipinski definition) is 4. The molecule has 2 saturated heterocycles. The van der Waals surface area contributed by atoms with Crippen molar-refractivity contribution in [2.45, 2.75) is 45.7 Å². The highest BCUT2D eigenvalue weighted by Crippen LogP contribution is 2.23. The van der Waals surface area contributed by atoms with E-state index in [1.807, 2.05) is 29.8 Å². The molecule has 1 aromatic heterocycles. The van der Waals surface area contributed by atoms with Gasteiger partial charge in [-0.15, -0.1) is 0 Å². The zero-order valence-corrected chi connectivity index (χ0v) is 19.4. The number of benzene rings is 1. The van der Waals surface area contributed by atoms with Crippen LogP contribution in [0.25, 0.3) is 0 Å². The molecule has 2 fully saturated rings. The lowest BCUT2D eigenvalue weighted by Crippen LogP contribution is -2.49. The van der Waals surface area contributed by atoms with Gasteiger partial charge in [-0.25, -0.2) is 4.68 Å². The third kappa shape index (κ3) is 5.88. The van der Waals surface area contributed by atoms with Crippen molar-refractivity contribution in [1.29, 1.82) is 0 Å². The number of piperazine rings is 1. The molecule has 31 heavy (non-hydrogen) atoms. The normalized spacial score (nSPS) is 18.8. The fraction of sp³-hybridized carbons (Fsp3) is 0.583. The van der Waals surface area contributed by atoms with E-state index in [1.165, 1.54) is 18.4 Å². The summed E-state index contributed by atoms with van der Waals surface area (Å²) in [4.78, 5) is 19.5. The van der Waals surface area contributed by atoms with Gasteiger partial charge in [0, 0.05) is 51.4 Å². The van der Waals surface area contributed by atoms with Crippen LogP contribution in [-0.2, 0) is 17.9 Å². The Hall–Kier alpha value is -1.89. The zero-order valence-electron chi connectivity index (χ0n) is 18.6. The number of aromatic nitrogens is 2. The molecule has 1 aromatic carbocycles. The Morgan fingerprint density at radius 3 is 2.23 bits per heavy atom. The number of carbonyl (C=O) groups is 1. The van der Waals surface area contributed by atoms with Crippen molar-refractivity contribution in [3.05, 3.63) is 52.3 Å². The van der Waals surface area contributed by atoms with Crippen LogP contribution in [0, 0.1) is 6.92 Å². The van der Waals surface area contributed by atoms with E-state index >= 15 is 0 Å². The first-order valence-electron chi connectivity index (χ1n) is 11.6. The Kier molecular flexibility index (Phi) is 7.64. The van der Waals surface area contributed by atoms with Crippen LogP contribution < -0.4 is 0 Å². The first-order chi connectivity index (χ1) is 15.1. The van der Waals surface area contributed by atoms with Crippen LogP contribution in [0.15, 0.2) is 30.3 Å². The van der Waals surface area contributed by atoms with Gasteiger partial charge < -0.3 is 4.90 Å². The average molecular weight is 444 g/mol. The lowest BCUT2D eigenvalue weighted by Gasteiger charge is -2.35. The summed E-state index contributed by atoms with van der Waals surface area (Å²) < 4.78 is 1.90. The van der Waals surface area contributed by atoms with Gasteiger partial charge in [0.05, 0.1) is 18.8 Å². The van der Waals surface area contributed by atoms with Crippen molar-refractivity contribution in [2.24, 2.45) is 0 Å². The Labute approximate surface area is 190 Å². The summed E-state index contributed by atoms with van der Waals surface area (Å²) in [7, 11) is 0. The predicted molar refractivity (Wildman–Crippen MR) is 124 cm³/mol. The third-order valence-electron chi connectivity index (χ3n) is 6.52. The van der Waals surface area contributed by atoms with Crippen LogP contribution in [-0.4, -0.2) is 76.2 Å². The second kappa shape index (κ2) is 10.6. The topological polar surface area (TPSA) is 44.6 Å². The van der Waals surface area contributed by atoms with E-state index in [1.54, 1.807) is 0 Å². The number of carbonyl (C=O) groups excluding carboxylic acids is 1. The van der Waals surface area contributed by atoms with Crippen molar-refractivity contribution in [1.82, 2.24) is 24.5 Å². The molecule has 0 unspecified atom stereocenters. The number of likely N-dealkylation sites (tertiary alicyclic amines) is 1. The van der Waals surface area contributed by atoms with E-state index in [0.29, 0.717) is 19.0 Å². The van der Waals surface area contributed by atoms with Crippen molar-refractivity contribution in [3.8, 4) is 0 Å². The second-order valence-electron chi connectivity index (χ2n) is 8.85. The van der Waals surface area contributed by atoms with Gasteiger partial charge in [-0.3, -0.25) is 14.6 Å². The van der Waals surface area contributed by atoms with Crippen LogP contribution in [0.2, 0.25) is 5.15 Å². The summed E-state index contributed by atoms with van der Waals surface area (Å²) in [6, 6.07) is 10.3. The summed E-state index contributed by atoms with van der Waals surface area (Å²) in [6.07, 6.45) is 4.81. The molecule has 0 bridgehead atoms. The van der Waals surface area contributed by atoms with Gasteiger partial charge in [0.25, 0.3) is 0 Å². The molecule has 0 saturated carbocycles. The second-order valence-corrected chi connectivity index (χ2v) is 9.20. The molecule has 3 heterocycles. The zero-order chi connectivity index (χ0) is 21.6. The third-order valence-corrected chi connectivity index (χ3v) is 6.95. The van der Waals surface area contributed by atoms with Gasteiger partial charge in [-0.1, -0.05) is 54.8 Å². The maximum absolute atomic E-state index is 12.7. The average Bonchev–Trinajstić information content (AvgIpc) is 2.98. The molecule has 168 valence electrons. The van der Waals surface area contributed by atoms with E-state index in [-0.39, 0.29) is 0 Å². The van der Waals surface area contributed by atoms with Gasteiger partial charge in [0.1, 0.15) is 5.15 Å². The molecular weight excluding hydrogens is 410 g/mol. The van der Waals surface area contributed by atoms with Gasteiger partial charge in [-0.2, -0.15) is 5.10 Å². The minimum Gasteiger partial charge on any atom is -0.342 e. The molecule has 0 N–H and O–H groups in total. The predicted octanol–water partition coefficient (Wildman–Crippen LogP) is 3.41. The molecule has 0 spiro atoms. The van der Waals surface area contributed by atoms with Gasteiger partial charge in [-0.05, 0) is 25.3 Å². The SMILES string of the molecule is Cc1nn(Cc2ccccc2)c(Cl)c1CN1CCN(CC(=O)N2CCCCCC2)CC1. The first kappa shape index (κ1) is 22.3. The van der Waals surface area contributed by atoms with Gasteiger partial charge >= 0.3 is 0 Å². The molecule has 0 radical (unpaired) electrons. The molecule has 1 amide bonds. The number of rotatable bonds is 6. The molecule has 2 aromatic rings. The van der Waals surface area contributed by atoms with Crippen molar-refractivity contribution < 1.29 is 4.79 Å². The molecule has 4 rings (SSSR count). The van der Waals surface area contributed by atoms with Crippen molar-refractivity contribution in [2.75, 3.05) is 45.8 Å². The monoisotopic (exact) mass is 443 g/mol. The van der Waals surface area contributed by atoms with E-state index < -0.39 is 0 Å². The Morgan fingerprint density at radius 2 is 1.55 bits per heavy atom. The molecule has 0 aliphatic carbocycles. The highest BCUT2D eigenvalue weighted by Gasteiger charge is 2.24. The van der Waals surface area contributed by atoms with Crippen molar-refractivity contribution >= 4 is 17.5 Å². The fourth-order valence-corrected chi connectivity index (χ4v) is 4.87. The molecule has 2 aliphatic rings. The van der Waals surface area contributed by atoms with Crippen LogP contribution >= 0.6 is 11.6 Å². The van der Waals surface area contributed by atoms with Crippen LogP contribution in [0.3, 0.4) is 0 Å². The lowest BCUT2D eigenvalue weighted by atomic mass is 10.2. The Balaban J connectivity index is 1.28. The molecule has 7 heteroatoms. The summed E-state index contributed by atoms with van der Waals surface area (Å²) in [6.45, 7) is 9.72.